The van der Waals surface area contributed by atoms with E-state index in [9.17, 15) is 4.39 Å². The molecular weight excluding hydrogens is 273 g/mol. The molecule has 0 bridgehead atoms. The predicted octanol–water partition coefficient (Wildman–Crippen LogP) is 3.92. The summed E-state index contributed by atoms with van der Waals surface area (Å²) < 4.78 is 23.6. The third kappa shape index (κ3) is 3.94. The maximum absolute atomic E-state index is 13.0. The van der Waals surface area contributed by atoms with Crippen LogP contribution in [0.3, 0.4) is 0 Å². The van der Waals surface area contributed by atoms with Gasteiger partial charge in [-0.1, -0.05) is 29.4 Å². The van der Waals surface area contributed by atoms with Gasteiger partial charge >= 0.3 is 0 Å². The molecular formula is C15H20FN3O2. The average Bonchev–Trinajstić information content (AvgIpc) is 2.56. The number of hydrogen-bond acceptors (Lipinski definition) is 3. The first-order valence-corrected chi connectivity index (χ1v) is 7.10. The van der Waals surface area contributed by atoms with Crippen molar-refractivity contribution in [2.24, 2.45) is 5.11 Å². The van der Waals surface area contributed by atoms with Crippen molar-refractivity contribution in [1.29, 1.82) is 0 Å². The Morgan fingerprint density at radius 1 is 1.38 bits per heavy atom. The normalized spacial score (nSPS) is 18.8. The molecule has 1 aliphatic rings. The van der Waals surface area contributed by atoms with Crippen molar-refractivity contribution in [1.82, 2.24) is 0 Å². The highest BCUT2D eigenvalue weighted by Crippen LogP contribution is 2.29. The Hall–Kier alpha value is -1.62. The minimum atomic E-state index is -0.839. The highest BCUT2D eigenvalue weighted by Gasteiger charge is 2.23. The summed E-state index contributed by atoms with van der Waals surface area (Å²) in [6, 6.07) is 7.10. The second kappa shape index (κ2) is 7.98. The van der Waals surface area contributed by atoms with Crippen LogP contribution >= 0.6 is 0 Å². The molecule has 1 aliphatic heterocycles. The van der Waals surface area contributed by atoms with Crippen molar-refractivity contribution in [2.75, 3.05) is 27.0 Å². The molecule has 1 aromatic carbocycles. The van der Waals surface area contributed by atoms with Crippen LogP contribution in [-0.2, 0) is 9.47 Å². The largest absolute Gasteiger partial charge is 0.381 e. The lowest BCUT2D eigenvalue weighted by atomic mass is 9.90. The minimum Gasteiger partial charge on any atom is -0.381 e. The van der Waals surface area contributed by atoms with E-state index < -0.39 is 18.8 Å². The first-order valence-electron chi connectivity index (χ1n) is 7.10. The molecule has 1 fully saturated rings. The van der Waals surface area contributed by atoms with E-state index in [1.807, 2.05) is 24.3 Å². The number of ether oxygens (including phenoxy) is 2. The average molecular weight is 293 g/mol. The molecule has 0 saturated carbocycles. The molecule has 114 valence electrons. The number of rotatable bonds is 6. The summed E-state index contributed by atoms with van der Waals surface area (Å²) >= 11 is 0. The highest BCUT2D eigenvalue weighted by atomic mass is 19.1. The van der Waals surface area contributed by atoms with Gasteiger partial charge in [-0.3, -0.25) is 4.39 Å². The van der Waals surface area contributed by atoms with Gasteiger partial charge in [0.1, 0.15) is 6.67 Å². The second-order valence-electron chi connectivity index (χ2n) is 5.14. The Labute approximate surface area is 123 Å². The molecule has 0 spiro atoms. The number of alkyl halides is 1. The van der Waals surface area contributed by atoms with Crippen LogP contribution in [0.25, 0.3) is 10.4 Å². The lowest BCUT2D eigenvalue weighted by Crippen LogP contribution is -2.20. The molecule has 1 saturated heterocycles. The van der Waals surface area contributed by atoms with Crippen LogP contribution in [-0.4, -0.2) is 33.0 Å². The highest BCUT2D eigenvalue weighted by molar-refractivity contribution is 5.28. The number of hydrogen-bond donors (Lipinski definition) is 0. The van der Waals surface area contributed by atoms with Crippen molar-refractivity contribution in [3.05, 3.63) is 45.8 Å². The summed E-state index contributed by atoms with van der Waals surface area (Å²) in [4.78, 5) is 2.68. The van der Waals surface area contributed by atoms with Gasteiger partial charge in [-0.2, -0.15) is 0 Å². The van der Waals surface area contributed by atoms with Crippen LogP contribution in [0.5, 0.6) is 0 Å². The second-order valence-corrected chi connectivity index (χ2v) is 5.14. The number of methoxy groups -OCH3 is 1. The van der Waals surface area contributed by atoms with E-state index >= 15 is 0 Å². The van der Waals surface area contributed by atoms with Gasteiger partial charge in [0.15, 0.2) is 0 Å². The van der Waals surface area contributed by atoms with Gasteiger partial charge < -0.3 is 9.47 Å². The molecule has 0 aromatic heterocycles. The SMILES string of the molecule is CO[C@H](c1ccc(C2CCOCC2)cc1)[C@@H](CF)N=[N+]=[N-]. The van der Waals surface area contributed by atoms with E-state index in [2.05, 4.69) is 10.0 Å². The molecule has 0 N–H and O–H groups in total. The fourth-order valence-corrected chi connectivity index (χ4v) is 2.74. The maximum atomic E-state index is 13.0. The van der Waals surface area contributed by atoms with Crippen LogP contribution in [0.2, 0.25) is 0 Å². The van der Waals surface area contributed by atoms with Crippen molar-refractivity contribution in [3.63, 3.8) is 0 Å². The van der Waals surface area contributed by atoms with Crippen LogP contribution in [0, 0.1) is 0 Å². The van der Waals surface area contributed by atoms with Gasteiger partial charge in [0.25, 0.3) is 0 Å². The molecule has 6 heteroatoms. The molecule has 2 atom stereocenters. The lowest BCUT2D eigenvalue weighted by molar-refractivity contribution is 0.0720. The summed E-state index contributed by atoms with van der Waals surface area (Å²) in [5.41, 5.74) is 10.6. The van der Waals surface area contributed by atoms with Gasteiger partial charge in [0.05, 0.1) is 12.1 Å². The summed E-state index contributed by atoms with van der Waals surface area (Å²) in [6.07, 6.45) is 1.49. The monoisotopic (exact) mass is 293 g/mol. The number of halogens is 1. The summed E-state index contributed by atoms with van der Waals surface area (Å²) in [5, 5.41) is 3.47. The zero-order valence-corrected chi connectivity index (χ0v) is 12.1. The Morgan fingerprint density at radius 3 is 2.57 bits per heavy atom. The molecule has 0 aliphatic carbocycles. The number of nitrogens with zero attached hydrogens (tertiary/aromatic N) is 3. The Bertz CT molecular complexity index is 482. The smallest absolute Gasteiger partial charge is 0.101 e. The standard InChI is InChI=1S/C15H20FN3O2/c1-20-15(14(10-16)18-19-17)13-4-2-11(3-5-13)12-6-8-21-9-7-12/h2-5,12,14-15H,6-10H2,1H3/t14-,15-/m1/s1. The third-order valence-corrected chi connectivity index (χ3v) is 3.92. The van der Waals surface area contributed by atoms with Crippen molar-refractivity contribution < 1.29 is 13.9 Å². The van der Waals surface area contributed by atoms with Crippen LogP contribution in [0.4, 0.5) is 4.39 Å². The first kappa shape index (κ1) is 15.8. The van der Waals surface area contributed by atoms with Gasteiger partial charge in [-0.05, 0) is 35.4 Å². The molecule has 0 radical (unpaired) electrons. The van der Waals surface area contributed by atoms with Crippen LogP contribution in [0.1, 0.15) is 36.0 Å². The van der Waals surface area contributed by atoms with E-state index in [0.29, 0.717) is 5.92 Å². The van der Waals surface area contributed by atoms with E-state index in [0.717, 1.165) is 31.6 Å². The number of azide groups is 1. The fourth-order valence-electron chi connectivity index (χ4n) is 2.74. The van der Waals surface area contributed by atoms with Crippen molar-refractivity contribution in [2.45, 2.75) is 30.9 Å². The quantitative estimate of drug-likeness (QED) is 0.453. The summed E-state index contributed by atoms with van der Waals surface area (Å²) in [6.45, 7) is 0.853. The van der Waals surface area contributed by atoms with Crippen molar-refractivity contribution >= 4 is 0 Å². The zero-order chi connectivity index (χ0) is 15.1. The van der Waals surface area contributed by atoms with Gasteiger partial charge in [0, 0.05) is 25.2 Å². The molecule has 2 rings (SSSR count). The Kier molecular flexibility index (Phi) is 5.99. The third-order valence-electron chi connectivity index (χ3n) is 3.92. The van der Waals surface area contributed by atoms with Crippen LogP contribution in [0.15, 0.2) is 29.4 Å². The van der Waals surface area contributed by atoms with Gasteiger partial charge in [-0.25, -0.2) is 0 Å². The fraction of sp³-hybridized carbons (Fsp3) is 0.600. The summed E-state index contributed by atoms with van der Waals surface area (Å²) in [7, 11) is 1.49. The minimum absolute atomic E-state index is 0.517. The number of benzene rings is 1. The molecule has 1 aromatic rings. The summed E-state index contributed by atoms with van der Waals surface area (Å²) in [5.74, 6) is 0.517. The van der Waals surface area contributed by atoms with E-state index in [1.165, 1.54) is 12.7 Å². The first-order chi connectivity index (χ1) is 10.3. The van der Waals surface area contributed by atoms with E-state index in [-0.39, 0.29) is 0 Å². The molecule has 0 amide bonds. The van der Waals surface area contributed by atoms with Crippen molar-refractivity contribution in [3.8, 4) is 0 Å². The van der Waals surface area contributed by atoms with E-state index in [4.69, 9.17) is 15.0 Å². The lowest BCUT2D eigenvalue weighted by Gasteiger charge is -2.24. The molecule has 0 unspecified atom stereocenters. The Morgan fingerprint density at radius 2 is 2.05 bits per heavy atom. The molecule has 5 nitrogen and oxygen atoms in total. The predicted molar refractivity (Wildman–Crippen MR) is 77.9 cm³/mol. The zero-order valence-electron chi connectivity index (χ0n) is 12.1. The van der Waals surface area contributed by atoms with E-state index in [1.54, 1.807) is 0 Å². The van der Waals surface area contributed by atoms with Crippen LogP contribution < -0.4 is 0 Å². The van der Waals surface area contributed by atoms with Gasteiger partial charge in [0.2, 0.25) is 0 Å². The maximum Gasteiger partial charge on any atom is 0.101 e. The molecule has 21 heavy (non-hydrogen) atoms. The van der Waals surface area contributed by atoms with Gasteiger partial charge in [-0.15, -0.1) is 0 Å². The Balaban J connectivity index is 2.13. The topological polar surface area (TPSA) is 67.2 Å². The molecule has 1 heterocycles.